The van der Waals surface area contributed by atoms with Gasteiger partial charge in [-0.3, -0.25) is 13.9 Å². The molecule has 0 atom stereocenters. The maximum absolute atomic E-state index is 12.6. The second kappa shape index (κ2) is 6.35. The number of thiophene rings is 1. The predicted molar refractivity (Wildman–Crippen MR) is 100 cm³/mol. The van der Waals surface area contributed by atoms with Gasteiger partial charge in [0, 0.05) is 29.8 Å². The lowest BCUT2D eigenvalue weighted by molar-refractivity contribution is -0.128. The average Bonchev–Trinajstić information content (AvgIpc) is 3.23. The molecule has 3 heterocycles. The second-order valence-electron chi connectivity index (χ2n) is 6.32. The van der Waals surface area contributed by atoms with Crippen LogP contribution < -0.4 is 5.69 Å². The van der Waals surface area contributed by atoms with Gasteiger partial charge in [0.05, 0.1) is 29.1 Å². The van der Waals surface area contributed by atoms with E-state index in [9.17, 15) is 9.59 Å². The zero-order valence-electron chi connectivity index (χ0n) is 13.9. The number of amides is 1. The number of aromatic nitrogens is 2. The van der Waals surface area contributed by atoms with Crippen LogP contribution >= 0.6 is 22.9 Å². The van der Waals surface area contributed by atoms with E-state index in [-0.39, 0.29) is 11.6 Å². The van der Waals surface area contributed by atoms with Crippen molar-refractivity contribution in [1.29, 1.82) is 0 Å². The molecular weight excluding hydrogens is 358 g/mol. The molecule has 3 aromatic rings. The molecule has 5 nitrogen and oxygen atoms in total. The molecule has 1 saturated heterocycles. The highest BCUT2D eigenvalue weighted by molar-refractivity contribution is 7.12. The Balaban J connectivity index is 1.64. The van der Waals surface area contributed by atoms with Crippen LogP contribution in [0.3, 0.4) is 0 Å². The molecule has 1 aliphatic heterocycles. The van der Waals surface area contributed by atoms with E-state index in [2.05, 4.69) is 0 Å². The van der Waals surface area contributed by atoms with Crippen molar-refractivity contribution in [1.82, 2.24) is 14.0 Å². The zero-order valence-corrected chi connectivity index (χ0v) is 15.4. The minimum Gasteiger partial charge on any atom is -0.337 e. The number of likely N-dealkylation sites (tertiary alicyclic amines) is 1. The summed E-state index contributed by atoms with van der Waals surface area (Å²) in [6.07, 6.45) is 1.54. The summed E-state index contributed by atoms with van der Waals surface area (Å²) >= 11 is 7.96. The van der Waals surface area contributed by atoms with Gasteiger partial charge in [-0.15, -0.1) is 11.3 Å². The summed E-state index contributed by atoms with van der Waals surface area (Å²) < 4.78 is 3.43. The van der Waals surface area contributed by atoms with Crippen molar-refractivity contribution in [3.05, 3.63) is 55.6 Å². The van der Waals surface area contributed by atoms with Gasteiger partial charge >= 0.3 is 5.69 Å². The fourth-order valence-electron chi connectivity index (χ4n) is 3.36. The van der Waals surface area contributed by atoms with E-state index in [0.717, 1.165) is 33.8 Å². The second-order valence-corrected chi connectivity index (χ2v) is 7.95. The topological polar surface area (TPSA) is 47.2 Å². The highest BCUT2D eigenvalue weighted by Crippen LogP contribution is 2.30. The van der Waals surface area contributed by atoms with Crippen molar-refractivity contribution in [2.75, 3.05) is 6.54 Å². The molecule has 1 amide bonds. The monoisotopic (exact) mass is 375 g/mol. The fourth-order valence-corrected chi connectivity index (χ4v) is 4.80. The zero-order chi connectivity index (χ0) is 17.6. The number of hydrogen-bond acceptors (Lipinski definition) is 3. The molecule has 1 aromatic carbocycles. The van der Waals surface area contributed by atoms with Gasteiger partial charge in [-0.05, 0) is 24.6 Å². The van der Waals surface area contributed by atoms with Gasteiger partial charge in [-0.2, -0.15) is 0 Å². The van der Waals surface area contributed by atoms with Crippen LogP contribution in [0.25, 0.3) is 11.0 Å². The molecule has 1 fully saturated rings. The van der Waals surface area contributed by atoms with Crippen LogP contribution in [0.15, 0.2) is 35.1 Å². The van der Waals surface area contributed by atoms with E-state index in [1.807, 2.05) is 35.2 Å². The number of fused-ring (bicyclic) bond motifs is 1. The Labute approximate surface area is 154 Å². The van der Waals surface area contributed by atoms with Gasteiger partial charge in [-0.1, -0.05) is 23.7 Å². The first kappa shape index (κ1) is 16.4. The first-order chi connectivity index (χ1) is 12.0. The Morgan fingerprint density at radius 3 is 2.64 bits per heavy atom. The van der Waals surface area contributed by atoms with Gasteiger partial charge < -0.3 is 4.90 Å². The number of aryl methyl sites for hydroxylation is 1. The van der Waals surface area contributed by atoms with E-state index in [0.29, 0.717) is 24.5 Å². The van der Waals surface area contributed by atoms with E-state index in [1.54, 1.807) is 27.5 Å². The number of carbonyl (C=O) groups excluding carboxylic acids is 1. The highest BCUT2D eigenvalue weighted by Gasteiger charge is 2.22. The number of halogens is 1. The van der Waals surface area contributed by atoms with Gasteiger partial charge in [-0.25, -0.2) is 4.79 Å². The third-order valence-electron chi connectivity index (χ3n) is 4.68. The minimum atomic E-state index is -0.0398. The van der Waals surface area contributed by atoms with Crippen molar-refractivity contribution in [2.45, 2.75) is 25.9 Å². The fraction of sp³-hybridized carbons (Fsp3) is 0.333. The third-order valence-corrected chi connectivity index (χ3v) is 6.23. The normalized spacial score (nSPS) is 14.8. The Bertz CT molecular complexity index is 1020. The maximum atomic E-state index is 12.6. The molecule has 1 aliphatic rings. The van der Waals surface area contributed by atoms with E-state index >= 15 is 0 Å². The molecule has 25 heavy (non-hydrogen) atoms. The van der Waals surface area contributed by atoms with Crippen LogP contribution in [0, 0.1) is 0 Å². The first-order valence-electron chi connectivity index (χ1n) is 8.23. The summed E-state index contributed by atoms with van der Waals surface area (Å²) in [6, 6.07) is 9.68. The van der Waals surface area contributed by atoms with Gasteiger partial charge in [0.15, 0.2) is 0 Å². The number of carbonyl (C=O) groups is 1. The van der Waals surface area contributed by atoms with Crippen molar-refractivity contribution < 1.29 is 4.79 Å². The molecule has 2 aromatic heterocycles. The van der Waals surface area contributed by atoms with Crippen molar-refractivity contribution in [3.63, 3.8) is 0 Å². The average molecular weight is 376 g/mol. The molecule has 0 aliphatic carbocycles. The lowest BCUT2D eigenvalue weighted by atomic mass is 10.3. The largest absolute Gasteiger partial charge is 0.337 e. The summed E-state index contributed by atoms with van der Waals surface area (Å²) in [5.74, 6) is 0.191. The Morgan fingerprint density at radius 2 is 1.92 bits per heavy atom. The molecule has 0 saturated carbocycles. The number of para-hydroxylation sites is 2. The maximum Gasteiger partial charge on any atom is 0.329 e. The molecule has 7 heteroatoms. The predicted octanol–water partition coefficient (Wildman–Crippen LogP) is 3.23. The number of nitrogens with zero attached hydrogens (tertiary/aromatic N) is 3. The highest BCUT2D eigenvalue weighted by atomic mass is 35.5. The summed E-state index contributed by atoms with van der Waals surface area (Å²) in [5.41, 5.74) is 1.79. The standard InChI is InChI=1S/C18H18ClN3O2S/c1-20-14-5-2-3-6-15(14)22(18(20)24)10-12-9-13(19)16(25-12)11-21-8-4-7-17(21)23/h2-3,5-6,9H,4,7-8,10-11H2,1H3. The molecule has 0 spiro atoms. The Kier molecular flexibility index (Phi) is 4.17. The van der Waals surface area contributed by atoms with Gasteiger partial charge in [0.2, 0.25) is 5.91 Å². The molecular formula is C18H18ClN3O2S. The lowest BCUT2D eigenvalue weighted by Gasteiger charge is -2.14. The first-order valence-corrected chi connectivity index (χ1v) is 9.43. The molecule has 0 unspecified atom stereocenters. The van der Waals surface area contributed by atoms with E-state index in [4.69, 9.17) is 11.6 Å². The molecule has 0 radical (unpaired) electrons. The van der Waals surface area contributed by atoms with Crippen molar-refractivity contribution >= 4 is 39.9 Å². The molecule has 0 bridgehead atoms. The summed E-state index contributed by atoms with van der Waals surface area (Å²) in [7, 11) is 1.78. The molecule has 130 valence electrons. The smallest absolute Gasteiger partial charge is 0.329 e. The van der Waals surface area contributed by atoms with Crippen LogP contribution in [-0.2, 0) is 24.9 Å². The molecule has 0 N–H and O–H groups in total. The van der Waals surface area contributed by atoms with Crippen LogP contribution in [0.5, 0.6) is 0 Å². The van der Waals surface area contributed by atoms with Gasteiger partial charge in [0.25, 0.3) is 0 Å². The SMILES string of the molecule is Cn1c(=O)n(Cc2cc(Cl)c(CN3CCCC3=O)s2)c2ccccc21. The Morgan fingerprint density at radius 1 is 1.16 bits per heavy atom. The minimum absolute atomic E-state index is 0.0398. The third kappa shape index (κ3) is 2.89. The quantitative estimate of drug-likeness (QED) is 0.702. The Hall–Kier alpha value is -2.05. The van der Waals surface area contributed by atoms with E-state index in [1.165, 1.54) is 0 Å². The van der Waals surface area contributed by atoms with E-state index < -0.39 is 0 Å². The van der Waals surface area contributed by atoms with Crippen LogP contribution in [-0.4, -0.2) is 26.5 Å². The van der Waals surface area contributed by atoms with Crippen LogP contribution in [0.4, 0.5) is 0 Å². The summed E-state index contributed by atoms with van der Waals surface area (Å²) in [4.78, 5) is 28.2. The van der Waals surface area contributed by atoms with Gasteiger partial charge in [0.1, 0.15) is 0 Å². The molecule has 4 rings (SSSR count). The number of hydrogen-bond donors (Lipinski definition) is 0. The summed E-state index contributed by atoms with van der Waals surface area (Å²) in [6.45, 7) is 1.84. The number of imidazole rings is 1. The summed E-state index contributed by atoms with van der Waals surface area (Å²) in [5, 5.41) is 0.674. The van der Waals surface area contributed by atoms with Crippen LogP contribution in [0.2, 0.25) is 5.02 Å². The van der Waals surface area contributed by atoms with Crippen molar-refractivity contribution in [2.24, 2.45) is 7.05 Å². The van der Waals surface area contributed by atoms with Crippen molar-refractivity contribution in [3.8, 4) is 0 Å². The lowest BCUT2D eigenvalue weighted by Crippen LogP contribution is -2.23. The number of benzene rings is 1. The van der Waals surface area contributed by atoms with Crippen LogP contribution in [0.1, 0.15) is 22.6 Å². The number of rotatable bonds is 4.